The molecule has 180 valence electrons. The smallest absolute Gasteiger partial charge is 0.253 e. The molecule has 2 heterocycles. The van der Waals surface area contributed by atoms with Crippen molar-refractivity contribution >= 4 is 29.3 Å². The van der Waals surface area contributed by atoms with Crippen LogP contribution in [0.2, 0.25) is 0 Å². The highest BCUT2D eigenvalue weighted by molar-refractivity contribution is 7.99. The molecule has 35 heavy (non-hydrogen) atoms. The number of rotatable bonds is 9. The standard InChI is InChI=1S/C25H25N5O4S/c1-2-13-30-23(21-14-33-19-9-5-6-10-20(19)34-21)28-29-25(30)35-15-22(31)27-18-8-4-3-7-17(18)24(32)26-16-11-12-16/h2-10,16,21H,1,11-15H2,(H,26,32)(H,27,31). The van der Waals surface area contributed by atoms with Gasteiger partial charge < -0.3 is 20.1 Å². The van der Waals surface area contributed by atoms with Crippen molar-refractivity contribution in [2.24, 2.45) is 0 Å². The number of fused-ring (bicyclic) bond motifs is 1. The third-order valence-electron chi connectivity index (χ3n) is 5.54. The first-order chi connectivity index (χ1) is 17.1. The summed E-state index contributed by atoms with van der Waals surface area (Å²) >= 11 is 1.25. The molecule has 0 radical (unpaired) electrons. The number of hydrogen-bond acceptors (Lipinski definition) is 7. The monoisotopic (exact) mass is 491 g/mol. The summed E-state index contributed by atoms with van der Waals surface area (Å²) in [7, 11) is 0. The Bertz CT molecular complexity index is 1260. The molecule has 1 fully saturated rings. The van der Waals surface area contributed by atoms with Gasteiger partial charge in [0.1, 0.15) is 6.61 Å². The van der Waals surface area contributed by atoms with E-state index in [0.29, 0.717) is 46.9 Å². The molecule has 1 saturated carbocycles. The summed E-state index contributed by atoms with van der Waals surface area (Å²) < 4.78 is 13.8. The lowest BCUT2D eigenvalue weighted by atomic mass is 10.1. The highest BCUT2D eigenvalue weighted by Gasteiger charge is 2.29. The number of hydrogen-bond donors (Lipinski definition) is 2. The fourth-order valence-electron chi connectivity index (χ4n) is 3.69. The molecule has 0 saturated heterocycles. The molecule has 1 aliphatic heterocycles. The lowest BCUT2D eigenvalue weighted by Crippen LogP contribution is -2.27. The molecule has 0 spiro atoms. The zero-order valence-corrected chi connectivity index (χ0v) is 19.8. The summed E-state index contributed by atoms with van der Waals surface area (Å²) in [5, 5.41) is 15.0. The average molecular weight is 492 g/mol. The molecular formula is C25H25N5O4S. The predicted molar refractivity (Wildman–Crippen MR) is 132 cm³/mol. The molecule has 1 atom stereocenters. The molecule has 2 aliphatic rings. The Morgan fingerprint density at radius 2 is 1.89 bits per heavy atom. The number of benzene rings is 2. The van der Waals surface area contributed by atoms with Gasteiger partial charge in [0.05, 0.1) is 17.0 Å². The van der Waals surface area contributed by atoms with Crippen molar-refractivity contribution in [3.63, 3.8) is 0 Å². The number of carbonyl (C=O) groups excluding carboxylic acids is 2. The van der Waals surface area contributed by atoms with E-state index in [1.807, 2.05) is 28.8 Å². The average Bonchev–Trinajstić information content (AvgIpc) is 3.60. The van der Waals surface area contributed by atoms with Crippen LogP contribution in [0.1, 0.15) is 35.1 Å². The Morgan fingerprint density at radius 1 is 1.11 bits per heavy atom. The molecule has 1 unspecified atom stereocenters. The van der Waals surface area contributed by atoms with Crippen LogP contribution >= 0.6 is 11.8 Å². The summed E-state index contributed by atoms with van der Waals surface area (Å²) in [5.41, 5.74) is 0.931. The van der Waals surface area contributed by atoms with Crippen LogP contribution in [0.5, 0.6) is 11.5 Å². The predicted octanol–water partition coefficient (Wildman–Crippen LogP) is 3.60. The van der Waals surface area contributed by atoms with Gasteiger partial charge in [-0.05, 0) is 37.1 Å². The summed E-state index contributed by atoms with van der Waals surface area (Å²) in [6.45, 7) is 4.59. The summed E-state index contributed by atoms with van der Waals surface area (Å²) in [6, 6.07) is 14.7. The van der Waals surface area contributed by atoms with Gasteiger partial charge in [0.2, 0.25) is 5.91 Å². The summed E-state index contributed by atoms with van der Waals surface area (Å²) in [6.07, 6.45) is 3.30. The number of thioether (sulfide) groups is 1. The Balaban J connectivity index is 1.25. The van der Waals surface area contributed by atoms with Gasteiger partial charge in [-0.2, -0.15) is 0 Å². The molecule has 2 N–H and O–H groups in total. The minimum Gasteiger partial charge on any atom is -0.485 e. The minimum absolute atomic E-state index is 0.0959. The van der Waals surface area contributed by atoms with Gasteiger partial charge in [-0.25, -0.2) is 0 Å². The largest absolute Gasteiger partial charge is 0.485 e. The molecule has 3 aromatic rings. The van der Waals surface area contributed by atoms with Gasteiger partial charge in [0.25, 0.3) is 5.91 Å². The van der Waals surface area contributed by atoms with E-state index in [9.17, 15) is 9.59 Å². The maximum Gasteiger partial charge on any atom is 0.253 e. The van der Waals surface area contributed by atoms with E-state index in [1.165, 1.54) is 11.8 Å². The number of para-hydroxylation sites is 3. The van der Waals surface area contributed by atoms with Crippen molar-refractivity contribution < 1.29 is 19.1 Å². The molecule has 5 rings (SSSR count). The van der Waals surface area contributed by atoms with Crippen molar-refractivity contribution in [3.8, 4) is 11.5 Å². The molecule has 10 heteroatoms. The Hall–Kier alpha value is -3.79. The molecule has 0 bridgehead atoms. The molecular weight excluding hydrogens is 466 g/mol. The number of aromatic nitrogens is 3. The topological polar surface area (TPSA) is 107 Å². The SMILES string of the molecule is C=CCn1c(SCC(=O)Nc2ccccc2C(=O)NC2CC2)nnc1C1COc2ccccc2O1. The van der Waals surface area contributed by atoms with Crippen LogP contribution in [0, 0.1) is 0 Å². The van der Waals surface area contributed by atoms with E-state index < -0.39 is 6.10 Å². The van der Waals surface area contributed by atoms with Crippen molar-refractivity contribution in [2.75, 3.05) is 17.7 Å². The third kappa shape index (κ3) is 5.32. The quantitative estimate of drug-likeness (QED) is 0.348. The molecule has 2 aromatic carbocycles. The van der Waals surface area contributed by atoms with E-state index in [-0.39, 0.29) is 23.6 Å². The second-order valence-electron chi connectivity index (χ2n) is 8.23. The number of carbonyl (C=O) groups is 2. The molecule has 1 aromatic heterocycles. The van der Waals surface area contributed by atoms with Crippen molar-refractivity contribution in [1.82, 2.24) is 20.1 Å². The van der Waals surface area contributed by atoms with Gasteiger partial charge in [0, 0.05) is 12.6 Å². The maximum absolute atomic E-state index is 12.7. The molecule has 9 nitrogen and oxygen atoms in total. The van der Waals surface area contributed by atoms with Crippen molar-refractivity contribution in [3.05, 3.63) is 72.6 Å². The zero-order valence-electron chi connectivity index (χ0n) is 19.0. The Kier molecular flexibility index (Phi) is 6.71. The van der Waals surface area contributed by atoms with Crippen molar-refractivity contribution in [2.45, 2.75) is 36.7 Å². The summed E-state index contributed by atoms with van der Waals surface area (Å²) in [5.74, 6) is 1.61. The lowest BCUT2D eigenvalue weighted by molar-refractivity contribution is -0.113. The fourth-order valence-corrected chi connectivity index (χ4v) is 4.44. The van der Waals surface area contributed by atoms with E-state index in [0.717, 1.165) is 12.8 Å². The van der Waals surface area contributed by atoms with Gasteiger partial charge >= 0.3 is 0 Å². The maximum atomic E-state index is 12.7. The zero-order chi connectivity index (χ0) is 24.2. The van der Waals surface area contributed by atoms with Crippen LogP contribution in [-0.2, 0) is 11.3 Å². The van der Waals surface area contributed by atoms with Crippen molar-refractivity contribution in [1.29, 1.82) is 0 Å². The normalized spacial score (nSPS) is 16.4. The Morgan fingerprint density at radius 3 is 2.69 bits per heavy atom. The summed E-state index contributed by atoms with van der Waals surface area (Å²) in [4.78, 5) is 25.2. The minimum atomic E-state index is -0.433. The number of anilines is 1. The van der Waals surface area contributed by atoms with Crippen LogP contribution in [0.4, 0.5) is 5.69 Å². The molecule has 1 aliphatic carbocycles. The number of ether oxygens (including phenoxy) is 2. The number of nitrogens with zero attached hydrogens (tertiary/aromatic N) is 3. The van der Waals surface area contributed by atoms with Crippen LogP contribution in [0.15, 0.2) is 66.3 Å². The number of nitrogens with one attached hydrogen (secondary N) is 2. The first-order valence-electron chi connectivity index (χ1n) is 11.4. The van der Waals surface area contributed by atoms with Crippen LogP contribution in [0.3, 0.4) is 0 Å². The fraction of sp³-hybridized carbons (Fsp3) is 0.280. The van der Waals surface area contributed by atoms with Crippen LogP contribution in [0.25, 0.3) is 0 Å². The lowest BCUT2D eigenvalue weighted by Gasteiger charge is -2.26. The number of allylic oxidation sites excluding steroid dienone is 1. The van der Waals surface area contributed by atoms with Gasteiger partial charge in [-0.15, -0.1) is 16.8 Å². The first-order valence-corrected chi connectivity index (χ1v) is 12.4. The molecule has 2 amide bonds. The van der Waals surface area contributed by atoms with Crippen LogP contribution in [-0.4, -0.2) is 45.0 Å². The Labute approximate surface area is 206 Å². The van der Waals surface area contributed by atoms with E-state index in [2.05, 4.69) is 27.4 Å². The highest BCUT2D eigenvalue weighted by atomic mass is 32.2. The van der Waals surface area contributed by atoms with Gasteiger partial charge in [-0.3, -0.25) is 14.2 Å². The van der Waals surface area contributed by atoms with Gasteiger partial charge in [-0.1, -0.05) is 42.1 Å². The highest BCUT2D eigenvalue weighted by Crippen LogP contribution is 2.36. The number of amides is 2. The third-order valence-corrected chi connectivity index (χ3v) is 6.51. The van der Waals surface area contributed by atoms with Gasteiger partial charge in [0.15, 0.2) is 28.6 Å². The van der Waals surface area contributed by atoms with Crippen LogP contribution < -0.4 is 20.1 Å². The van der Waals surface area contributed by atoms with E-state index >= 15 is 0 Å². The van der Waals surface area contributed by atoms with E-state index in [4.69, 9.17) is 9.47 Å². The second-order valence-corrected chi connectivity index (χ2v) is 9.18. The first kappa shape index (κ1) is 23.0. The van der Waals surface area contributed by atoms with E-state index in [1.54, 1.807) is 30.3 Å². The second kappa shape index (κ2) is 10.2.